The second-order valence-corrected chi connectivity index (χ2v) is 9.21. The fourth-order valence-corrected chi connectivity index (χ4v) is 4.65. The normalized spacial score (nSPS) is 14.5. The first kappa shape index (κ1) is 27.1. The predicted octanol–water partition coefficient (Wildman–Crippen LogP) is 6.79. The molecule has 12 heteroatoms. The number of carbonyl (C=O) groups excluding carboxylic acids is 2. The molecule has 1 aromatic heterocycles. The molecule has 4 aromatic rings. The van der Waals surface area contributed by atoms with Crippen LogP contribution in [0.15, 0.2) is 66.7 Å². The van der Waals surface area contributed by atoms with Gasteiger partial charge in [0.25, 0.3) is 11.8 Å². The first-order valence-electron chi connectivity index (χ1n) is 11.6. The summed E-state index contributed by atoms with van der Waals surface area (Å²) in [6.07, 6.45) is -4.90. The van der Waals surface area contributed by atoms with E-state index in [9.17, 15) is 31.5 Å². The number of methoxy groups -OCH3 is 1. The van der Waals surface area contributed by atoms with Crippen LogP contribution < -0.4 is 15.4 Å². The first-order chi connectivity index (χ1) is 18.9. The number of benzene rings is 3. The summed E-state index contributed by atoms with van der Waals surface area (Å²) in [6, 6.07) is 11.8. The quantitative estimate of drug-likeness (QED) is 0.258. The number of pyridine rings is 1. The van der Waals surface area contributed by atoms with Crippen molar-refractivity contribution in [3.05, 3.63) is 111 Å². The number of ether oxygens (including phenoxy) is 1. The molecule has 0 saturated carbocycles. The minimum Gasteiger partial charge on any atom is -0.481 e. The third-order valence-corrected chi connectivity index (χ3v) is 6.57. The van der Waals surface area contributed by atoms with Gasteiger partial charge in [0.1, 0.15) is 11.6 Å². The standard InChI is InChI=1S/C28H17ClF5N3O3/c1-40-23-4-2-3-21(35-23)13-9-19-24(25(37-27(19)39)18-12-16(30)5-6-20(18)29)22(10-13)36-26(38)14-7-15(28(32,33)34)11-17(31)8-14/h2-12,25H,1H3,(H,36,38)(H,37,39). The number of hydrogen-bond donors (Lipinski definition) is 2. The predicted molar refractivity (Wildman–Crippen MR) is 136 cm³/mol. The molecule has 3 aromatic carbocycles. The van der Waals surface area contributed by atoms with Gasteiger partial charge < -0.3 is 15.4 Å². The molecule has 1 atom stereocenters. The fourth-order valence-electron chi connectivity index (χ4n) is 4.42. The average Bonchev–Trinajstić information content (AvgIpc) is 3.25. The summed E-state index contributed by atoms with van der Waals surface area (Å²) in [7, 11) is 1.41. The van der Waals surface area contributed by atoms with Gasteiger partial charge in [-0.05, 0) is 54.6 Å². The van der Waals surface area contributed by atoms with Crippen molar-refractivity contribution in [2.45, 2.75) is 12.2 Å². The van der Waals surface area contributed by atoms with E-state index < -0.39 is 46.8 Å². The lowest BCUT2D eigenvalue weighted by Crippen LogP contribution is -2.21. The van der Waals surface area contributed by atoms with E-state index in [0.29, 0.717) is 23.4 Å². The van der Waals surface area contributed by atoms with Gasteiger partial charge in [-0.1, -0.05) is 17.7 Å². The van der Waals surface area contributed by atoms with Gasteiger partial charge in [0.2, 0.25) is 5.88 Å². The highest BCUT2D eigenvalue weighted by Crippen LogP contribution is 2.42. The number of nitrogens with one attached hydrogen (secondary N) is 2. The monoisotopic (exact) mass is 573 g/mol. The third kappa shape index (κ3) is 5.20. The zero-order valence-corrected chi connectivity index (χ0v) is 21.1. The second kappa shape index (κ2) is 10.2. The van der Waals surface area contributed by atoms with E-state index in [1.807, 2.05) is 0 Å². The minimum absolute atomic E-state index is 0.0105. The fraction of sp³-hybridized carbons (Fsp3) is 0.107. The zero-order valence-electron chi connectivity index (χ0n) is 20.4. The Morgan fingerprint density at radius 2 is 1.80 bits per heavy atom. The van der Waals surface area contributed by atoms with Crippen LogP contribution in [0.2, 0.25) is 5.02 Å². The maximum absolute atomic E-state index is 14.1. The Bertz CT molecular complexity index is 1680. The Balaban J connectivity index is 1.67. The number of amides is 2. The molecule has 1 aliphatic rings. The van der Waals surface area contributed by atoms with E-state index in [1.165, 1.54) is 25.3 Å². The first-order valence-corrected chi connectivity index (χ1v) is 12.0. The van der Waals surface area contributed by atoms with E-state index in [1.54, 1.807) is 18.2 Å². The molecule has 0 saturated heterocycles. The Hall–Kier alpha value is -4.51. The van der Waals surface area contributed by atoms with Gasteiger partial charge in [-0.2, -0.15) is 13.2 Å². The van der Waals surface area contributed by atoms with Crippen molar-refractivity contribution in [2.24, 2.45) is 0 Å². The number of aromatic nitrogens is 1. The highest BCUT2D eigenvalue weighted by Gasteiger charge is 2.36. The molecule has 6 nitrogen and oxygen atoms in total. The summed E-state index contributed by atoms with van der Waals surface area (Å²) < 4.78 is 73.2. The molecule has 0 fully saturated rings. The SMILES string of the molecule is COc1cccc(-c2cc(NC(=O)c3cc(F)cc(C(F)(F)F)c3)c3c(c2)C(=O)NC3c2cc(F)ccc2Cl)n1. The maximum Gasteiger partial charge on any atom is 0.416 e. The smallest absolute Gasteiger partial charge is 0.416 e. The molecular formula is C28H17ClF5N3O3. The van der Waals surface area contributed by atoms with Crippen molar-refractivity contribution in [2.75, 3.05) is 12.4 Å². The second-order valence-electron chi connectivity index (χ2n) is 8.80. The Morgan fingerprint density at radius 3 is 2.52 bits per heavy atom. The van der Waals surface area contributed by atoms with Crippen molar-refractivity contribution < 1.29 is 36.3 Å². The van der Waals surface area contributed by atoms with E-state index in [4.69, 9.17) is 16.3 Å². The van der Waals surface area contributed by atoms with Crippen LogP contribution in [0, 0.1) is 11.6 Å². The summed E-state index contributed by atoms with van der Waals surface area (Å²) in [4.78, 5) is 30.6. The van der Waals surface area contributed by atoms with Crippen LogP contribution in [-0.2, 0) is 6.18 Å². The van der Waals surface area contributed by atoms with Crippen LogP contribution in [0.4, 0.5) is 27.6 Å². The number of halogens is 6. The van der Waals surface area contributed by atoms with Gasteiger partial charge >= 0.3 is 6.18 Å². The maximum atomic E-state index is 14.1. The molecule has 2 heterocycles. The van der Waals surface area contributed by atoms with Crippen LogP contribution in [0.3, 0.4) is 0 Å². The van der Waals surface area contributed by atoms with Gasteiger partial charge in [0.05, 0.1) is 24.4 Å². The van der Waals surface area contributed by atoms with Crippen molar-refractivity contribution >= 4 is 29.1 Å². The Labute approximate surface area is 228 Å². The number of fused-ring (bicyclic) bond motifs is 1. The highest BCUT2D eigenvalue weighted by atomic mass is 35.5. The van der Waals surface area contributed by atoms with Crippen molar-refractivity contribution in [1.29, 1.82) is 0 Å². The number of anilines is 1. The van der Waals surface area contributed by atoms with Crippen LogP contribution >= 0.6 is 11.6 Å². The molecule has 0 radical (unpaired) electrons. The largest absolute Gasteiger partial charge is 0.481 e. The summed E-state index contributed by atoms with van der Waals surface area (Å²) in [6.45, 7) is 0. The van der Waals surface area contributed by atoms with Gasteiger partial charge in [0.15, 0.2) is 0 Å². The van der Waals surface area contributed by atoms with Gasteiger partial charge in [-0.15, -0.1) is 0 Å². The summed E-state index contributed by atoms with van der Waals surface area (Å²) in [5.41, 5.74) is -0.817. The Kier molecular flexibility index (Phi) is 6.92. The lowest BCUT2D eigenvalue weighted by atomic mass is 9.93. The number of hydrogen-bond acceptors (Lipinski definition) is 4. The molecule has 2 N–H and O–H groups in total. The number of alkyl halides is 3. The topological polar surface area (TPSA) is 80.3 Å². The molecule has 0 spiro atoms. The summed E-state index contributed by atoms with van der Waals surface area (Å²) in [5.74, 6) is -3.29. The van der Waals surface area contributed by atoms with E-state index in [-0.39, 0.29) is 39.3 Å². The third-order valence-electron chi connectivity index (χ3n) is 6.22. The van der Waals surface area contributed by atoms with Gasteiger partial charge in [-0.25, -0.2) is 13.8 Å². The minimum atomic E-state index is -4.90. The number of carbonyl (C=O) groups is 2. The van der Waals surface area contributed by atoms with Crippen molar-refractivity contribution in [1.82, 2.24) is 10.3 Å². The van der Waals surface area contributed by atoms with Crippen LogP contribution in [0.1, 0.15) is 43.4 Å². The van der Waals surface area contributed by atoms with E-state index >= 15 is 0 Å². The molecule has 40 heavy (non-hydrogen) atoms. The summed E-state index contributed by atoms with van der Waals surface area (Å²) >= 11 is 6.31. The van der Waals surface area contributed by atoms with Gasteiger partial charge in [0, 0.05) is 44.6 Å². The zero-order chi connectivity index (χ0) is 28.8. The molecule has 0 aliphatic carbocycles. The molecule has 2 amide bonds. The van der Waals surface area contributed by atoms with Crippen LogP contribution in [0.25, 0.3) is 11.3 Å². The lowest BCUT2D eigenvalue weighted by molar-refractivity contribution is -0.137. The lowest BCUT2D eigenvalue weighted by Gasteiger charge is -2.19. The van der Waals surface area contributed by atoms with Gasteiger partial charge in [-0.3, -0.25) is 9.59 Å². The molecule has 204 valence electrons. The van der Waals surface area contributed by atoms with Crippen molar-refractivity contribution in [3.63, 3.8) is 0 Å². The van der Waals surface area contributed by atoms with Crippen LogP contribution in [-0.4, -0.2) is 23.9 Å². The molecule has 5 rings (SSSR count). The molecular weight excluding hydrogens is 557 g/mol. The molecule has 1 aliphatic heterocycles. The van der Waals surface area contributed by atoms with Crippen molar-refractivity contribution in [3.8, 4) is 17.1 Å². The summed E-state index contributed by atoms with van der Waals surface area (Å²) in [5, 5.41) is 5.32. The van der Waals surface area contributed by atoms with E-state index in [2.05, 4.69) is 15.6 Å². The van der Waals surface area contributed by atoms with Crippen LogP contribution in [0.5, 0.6) is 5.88 Å². The average molecular weight is 574 g/mol. The number of rotatable bonds is 5. The number of nitrogens with zero attached hydrogens (tertiary/aromatic N) is 1. The van der Waals surface area contributed by atoms with E-state index in [0.717, 1.165) is 12.1 Å². The molecule has 0 bridgehead atoms. The Morgan fingerprint density at radius 1 is 1.02 bits per heavy atom. The molecule has 1 unspecified atom stereocenters. The highest BCUT2D eigenvalue weighted by molar-refractivity contribution is 6.31.